The van der Waals surface area contributed by atoms with Crippen LogP contribution >= 0.6 is 24.0 Å². The molecule has 0 aliphatic carbocycles. The highest BCUT2D eigenvalue weighted by atomic mass is 127. The molecule has 0 spiro atoms. The highest BCUT2D eigenvalue weighted by molar-refractivity contribution is 14.0. The van der Waals surface area contributed by atoms with Gasteiger partial charge in [0.05, 0.1) is 13.2 Å². The van der Waals surface area contributed by atoms with Crippen LogP contribution in [0, 0.1) is 0 Å². The zero-order valence-corrected chi connectivity index (χ0v) is 20.4. The molecule has 9 heteroatoms. The van der Waals surface area contributed by atoms with Crippen molar-refractivity contribution in [3.63, 3.8) is 0 Å². The number of guanidine groups is 1. The summed E-state index contributed by atoms with van der Waals surface area (Å²) in [5.41, 5.74) is 1.16. The van der Waals surface area contributed by atoms with Crippen LogP contribution in [0.2, 0.25) is 0 Å². The molecule has 0 bridgehead atoms. The number of piperidine rings is 1. The second-order valence-electron chi connectivity index (χ2n) is 7.52. The summed E-state index contributed by atoms with van der Waals surface area (Å²) in [7, 11) is 0. The Labute approximate surface area is 196 Å². The fourth-order valence-electron chi connectivity index (χ4n) is 3.78. The van der Waals surface area contributed by atoms with Crippen molar-refractivity contribution in [2.75, 3.05) is 44.2 Å². The molecule has 0 saturated carbocycles. The maximum atomic E-state index is 11.9. The maximum Gasteiger partial charge on any atom is 0.409 e. The Morgan fingerprint density at radius 1 is 1.23 bits per heavy atom. The van der Waals surface area contributed by atoms with Gasteiger partial charge in [0.15, 0.2) is 5.96 Å². The van der Waals surface area contributed by atoms with Crippen molar-refractivity contribution in [1.82, 2.24) is 20.5 Å². The molecule has 2 saturated heterocycles. The summed E-state index contributed by atoms with van der Waals surface area (Å²) in [6.07, 6.45) is 5.93. The third-order valence-electron chi connectivity index (χ3n) is 5.37. The number of nitrogens with one attached hydrogen (secondary N) is 2. The topological polar surface area (TPSA) is 82.1 Å². The van der Waals surface area contributed by atoms with Crippen LogP contribution < -0.4 is 15.5 Å². The van der Waals surface area contributed by atoms with Gasteiger partial charge in [-0.25, -0.2) is 14.8 Å². The fourth-order valence-corrected chi connectivity index (χ4v) is 3.78. The zero-order chi connectivity index (χ0) is 20.5. The van der Waals surface area contributed by atoms with Crippen LogP contribution in [0.15, 0.2) is 23.3 Å². The number of rotatable bonds is 6. The van der Waals surface area contributed by atoms with E-state index in [1.807, 2.05) is 19.2 Å². The molecule has 1 aromatic heterocycles. The highest BCUT2D eigenvalue weighted by Crippen LogP contribution is 2.19. The van der Waals surface area contributed by atoms with E-state index in [0.29, 0.717) is 32.3 Å². The van der Waals surface area contributed by atoms with Gasteiger partial charge in [-0.3, -0.25) is 0 Å². The molecule has 0 unspecified atom stereocenters. The molecule has 2 fully saturated rings. The number of hydrogen-bond donors (Lipinski definition) is 2. The Morgan fingerprint density at radius 2 is 1.97 bits per heavy atom. The smallest absolute Gasteiger partial charge is 0.409 e. The number of likely N-dealkylation sites (tertiary alicyclic amines) is 1. The molecule has 3 rings (SSSR count). The highest BCUT2D eigenvalue weighted by Gasteiger charge is 2.24. The number of aromatic nitrogens is 1. The lowest BCUT2D eigenvalue weighted by molar-refractivity contribution is 0.0963. The zero-order valence-electron chi connectivity index (χ0n) is 18.1. The van der Waals surface area contributed by atoms with Gasteiger partial charge in [0.1, 0.15) is 5.82 Å². The van der Waals surface area contributed by atoms with E-state index in [1.165, 1.54) is 12.8 Å². The standard InChI is InChI=1S/C21H34N6O2.HI/c1-3-22-20(25-18-8-13-27(14-9-18)21(28)29-4-2)24-16-17-7-10-23-19(15-17)26-11-5-6-12-26;/h7,10,15,18H,3-6,8-9,11-14,16H2,1-2H3,(H2,22,24,25);1H. The lowest BCUT2D eigenvalue weighted by Gasteiger charge is -2.32. The number of aliphatic imine (C=N–C) groups is 1. The van der Waals surface area contributed by atoms with Crippen LogP contribution in [0.4, 0.5) is 10.6 Å². The second kappa shape index (κ2) is 12.8. The van der Waals surface area contributed by atoms with E-state index < -0.39 is 0 Å². The molecule has 30 heavy (non-hydrogen) atoms. The average Bonchev–Trinajstić information content (AvgIpc) is 3.28. The van der Waals surface area contributed by atoms with Crippen molar-refractivity contribution >= 4 is 41.8 Å². The number of amides is 1. The molecule has 1 amide bonds. The van der Waals surface area contributed by atoms with Gasteiger partial charge < -0.3 is 25.2 Å². The summed E-state index contributed by atoms with van der Waals surface area (Å²) in [5, 5.41) is 6.85. The van der Waals surface area contributed by atoms with Crippen LogP contribution in [-0.2, 0) is 11.3 Å². The third kappa shape index (κ3) is 7.17. The molecule has 168 valence electrons. The van der Waals surface area contributed by atoms with Crippen LogP contribution in [0.5, 0.6) is 0 Å². The molecular formula is C21H35IN6O2. The summed E-state index contributed by atoms with van der Waals surface area (Å²) in [6.45, 7) is 9.34. The van der Waals surface area contributed by atoms with E-state index in [9.17, 15) is 4.79 Å². The van der Waals surface area contributed by atoms with Crippen LogP contribution in [0.25, 0.3) is 0 Å². The Hall–Kier alpha value is -1.78. The molecule has 2 N–H and O–H groups in total. The molecule has 2 aliphatic heterocycles. The molecule has 1 aromatic rings. The summed E-state index contributed by atoms with van der Waals surface area (Å²) < 4.78 is 5.09. The number of carbonyl (C=O) groups excluding carboxylic acids is 1. The van der Waals surface area contributed by atoms with E-state index in [1.54, 1.807) is 4.90 Å². The first-order valence-electron chi connectivity index (χ1n) is 10.9. The first-order valence-corrected chi connectivity index (χ1v) is 10.9. The minimum atomic E-state index is -0.210. The van der Waals surface area contributed by atoms with Gasteiger partial charge >= 0.3 is 6.09 Å². The Balaban J connectivity index is 0.00000320. The molecular weight excluding hydrogens is 495 g/mol. The Morgan fingerprint density at radius 3 is 2.63 bits per heavy atom. The summed E-state index contributed by atoms with van der Waals surface area (Å²) in [4.78, 5) is 25.3. The summed E-state index contributed by atoms with van der Waals surface area (Å²) >= 11 is 0. The van der Waals surface area contributed by atoms with Gasteiger partial charge in [0.2, 0.25) is 0 Å². The normalized spacial score (nSPS) is 17.5. The van der Waals surface area contributed by atoms with Gasteiger partial charge in [-0.2, -0.15) is 0 Å². The number of hydrogen-bond acceptors (Lipinski definition) is 5. The minimum Gasteiger partial charge on any atom is -0.450 e. The number of halogens is 1. The number of anilines is 1. The van der Waals surface area contributed by atoms with E-state index in [4.69, 9.17) is 9.73 Å². The van der Waals surface area contributed by atoms with Gasteiger partial charge in [0.25, 0.3) is 0 Å². The molecule has 8 nitrogen and oxygen atoms in total. The Bertz CT molecular complexity index is 688. The minimum absolute atomic E-state index is 0. The van der Waals surface area contributed by atoms with E-state index >= 15 is 0 Å². The van der Waals surface area contributed by atoms with Gasteiger partial charge in [-0.15, -0.1) is 24.0 Å². The predicted molar refractivity (Wildman–Crippen MR) is 131 cm³/mol. The van der Waals surface area contributed by atoms with Gasteiger partial charge in [-0.05, 0) is 57.2 Å². The lowest BCUT2D eigenvalue weighted by Crippen LogP contribution is -2.49. The maximum absolute atomic E-state index is 11.9. The van der Waals surface area contributed by atoms with Crippen LogP contribution in [0.1, 0.15) is 45.1 Å². The quantitative estimate of drug-likeness (QED) is 0.335. The summed E-state index contributed by atoms with van der Waals surface area (Å²) in [5.74, 6) is 1.88. The van der Waals surface area contributed by atoms with Crippen molar-refractivity contribution in [2.24, 2.45) is 4.99 Å². The monoisotopic (exact) mass is 530 g/mol. The van der Waals surface area contributed by atoms with E-state index in [-0.39, 0.29) is 30.1 Å². The fraction of sp³-hybridized carbons (Fsp3) is 0.667. The van der Waals surface area contributed by atoms with E-state index in [2.05, 4.69) is 33.5 Å². The first kappa shape index (κ1) is 24.5. The average molecular weight is 530 g/mol. The number of carbonyl (C=O) groups is 1. The van der Waals surface area contributed by atoms with Gasteiger partial charge in [0, 0.05) is 45.0 Å². The van der Waals surface area contributed by atoms with Crippen molar-refractivity contribution in [2.45, 2.75) is 52.1 Å². The molecule has 0 radical (unpaired) electrons. The van der Waals surface area contributed by atoms with Crippen LogP contribution in [-0.4, -0.2) is 67.3 Å². The lowest BCUT2D eigenvalue weighted by atomic mass is 10.1. The van der Waals surface area contributed by atoms with Crippen molar-refractivity contribution in [3.05, 3.63) is 23.9 Å². The van der Waals surface area contributed by atoms with Crippen molar-refractivity contribution in [3.8, 4) is 0 Å². The molecule has 0 atom stereocenters. The molecule has 2 aliphatic rings. The SMILES string of the molecule is CCNC(=NCc1ccnc(N2CCCC2)c1)NC1CCN(C(=O)OCC)CC1.I. The molecule has 3 heterocycles. The summed E-state index contributed by atoms with van der Waals surface area (Å²) in [6, 6.07) is 4.48. The number of ether oxygens (including phenoxy) is 1. The number of nitrogens with zero attached hydrogens (tertiary/aromatic N) is 4. The molecule has 0 aromatic carbocycles. The van der Waals surface area contributed by atoms with Crippen molar-refractivity contribution < 1.29 is 9.53 Å². The van der Waals surface area contributed by atoms with Crippen molar-refractivity contribution in [1.29, 1.82) is 0 Å². The third-order valence-corrected chi connectivity index (χ3v) is 5.37. The number of pyridine rings is 1. The second-order valence-corrected chi connectivity index (χ2v) is 7.52. The first-order chi connectivity index (χ1) is 14.2. The van der Waals surface area contributed by atoms with E-state index in [0.717, 1.165) is 49.8 Å². The predicted octanol–water partition coefficient (Wildman–Crippen LogP) is 2.98. The van der Waals surface area contributed by atoms with Gasteiger partial charge in [-0.1, -0.05) is 0 Å². The largest absolute Gasteiger partial charge is 0.450 e. The van der Waals surface area contributed by atoms with Crippen LogP contribution in [0.3, 0.4) is 0 Å². The Kier molecular flexibility index (Phi) is 10.5.